The molecule has 0 aliphatic heterocycles. The third-order valence-corrected chi connectivity index (χ3v) is 4.77. The van der Waals surface area contributed by atoms with Gasteiger partial charge in [0.2, 0.25) is 5.76 Å². The van der Waals surface area contributed by atoms with E-state index in [1.807, 2.05) is 0 Å². The summed E-state index contributed by atoms with van der Waals surface area (Å²) in [6.45, 7) is 1.30. The standard InChI is InChI=1S/C19H15N3O5S/c1-10-12-8-11(25-2)6-7-15(12)27-18(10)19(24)26-9-16(23)20-13-4-3-5-14-17(13)22-28-21-14/h3-8H,9H2,1-2H3,(H,20,23). The summed E-state index contributed by atoms with van der Waals surface area (Å²) < 4.78 is 24.1. The summed E-state index contributed by atoms with van der Waals surface area (Å²) in [4.78, 5) is 24.5. The van der Waals surface area contributed by atoms with Crippen molar-refractivity contribution in [2.75, 3.05) is 19.0 Å². The Morgan fingerprint density at radius 3 is 2.89 bits per heavy atom. The Balaban J connectivity index is 1.45. The number of amides is 1. The quantitative estimate of drug-likeness (QED) is 0.514. The van der Waals surface area contributed by atoms with Gasteiger partial charge in [0.15, 0.2) is 6.61 Å². The lowest BCUT2D eigenvalue weighted by Gasteiger charge is -2.06. The highest BCUT2D eigenvalue weighted by atomic mass is 32.1. The van der Waals surface area contributed by atoms with E-state index in [0.717, 1.165) is 17.1 Å². The molecule has 0 unspecified atom stereocenters. The van der Waals surface area contributed by atoms with Gasteiger partial charge in [-0.25, -0.2) is 4.79 Å². The molecule has 0 aliphatic carbocycles. The van der Waals surface area contributed by atoms with E-state index in [9.17, 15) is 9.59 Å². The van der Waals surface area contributed by atoms with E-state index in [-0.39, 0.29) is 5.76 Å². The highest BCUT2D eigenvalue weighted by molar-refractivity contribution is 7.00. The van der Waals surface area contributed by atoms with E-state index >= 15 is 0 Å². The molecule has 0 atom stereocenters. The van der Waals surface area contributed by atoms with Crippen molar-refractivity contribution in [3.63, 3.8) is 0 Å². The van der Waals surface area contributed by atoms with Crippen LogP contribution >= 0.6 is 11.7 Å². The zero-order valence-electron chi connectivity index (χ0n) is 15.0. The first kappa shape index (κ1) is 17.9. The van der Waals surface area contributed by atoms with Gasteiger partial charge in [-0.1, -0.05) is 6.07 Å². The zero-order chi connectivity index (χ0) is 19.7. The van der Waals surface area contributed by atoms with Crippen molar-refractivity contribution in [1.82, 2.24) is 8.75 Å². The van der Waals surface area contributed by atoms with E-state index in [0.29, 0.717) is 33.6 Å². The molecule has 0 spiro atoms. The van der Waals surface area contributed by atoms with Gasteiger partial charge in [0.05, 0.1) is 24.5 Å². The number of carbonyl (C=O) groups is 2. The van der Waals surface area contributed by atoms with Crippen LogP contribution in [0.15, 0.2) is 40.8 Å². The van der Waals surface area contributed by atoms with Crippen molar-refractivity contribution < 1.29 is 23.5 Å². The van der Waals surface area contributed by atoms with Crippen LogP contribution < -0.4 is 10.1 Å². The fourth-order valence-corrected chi connectivity index (χ4v) is 3.36. The fraction of sp³-hybridized carbons (Fsp3) is 0.158. The molecule has 4 rings (SSSR count). The molecule has 0 saturated carbocycles. The van der Waals surface area contributed by atoms with Crippen LogP contribution in [0, 0.1) is 6.92 Å². The van der Waals surface area contributed by atoms with E-state index in [1.54, 1.807) is 50.4 Å². The number of benzene rings is 2. The lowest BCUT2D eigenvalue weighted by atomic mass is 10.1. The van der Waals surface area contributed by atoms with Gasteiger partial charge in [-0.05, 0) is 37.3 Å². The van der Waals surface area contributed by atoms with Crippen LogP contribution in [0.2, 0.25) is 0 Å². The van der Waals surface area contributed by atoms with Gasteiger partial charge in [-0.2, -0.15) is 8.75 Å². The van der Waals surface area contributed by atoms with Crippen molar-refractivity contribution in [2.24, 2.45) is 0 Å². The van der Waals surface area contributed by atoms with Crippen molar-refractivity contribution in [3.05, 3.63) is 47.7 Å². The third kappa shape index (κ3) is 3.27. The Hall–Kier alpha value is -3.46. The van der Waals surface area contributed by atoms with E-state index in [1.165, 1.54) is 0 Å². The number of methoxy groups -OCH3 is 1. The monoisotopic (exact) mass is 397 g/mol. The lowest BCUT2D eigenvalue weighted by molar-refractivity contribution is -0.119. The van der Waals surface area contributed by atoms with Crippen LogP contribution in [0.4, 0.5) is 5.69 Å². The number of hydrogen-bond donors (Lipinski definition) is 1. The Morgan fingerprint density at radius 2 is 2.07 bits per heavy atom. The second kappa shape index (κ2) is 7.28. The summed E-state index contributed by atoms with van der Waals surface area (Å²) in [7, 11) is 1.56. The summed E-state index contributed by atoms with van der Waals surface area (Å²) in [5.74, 6) is -0.483. The first-order valence-electron chi connectivity index (χ1n) is 8.32. The van der Waals surface area contributed by atoms with Crippen LogP contribution in [0.5, 0.6) is 5.75 Å². The van der Waals surface area contributed by atoms with Crippen LogP contribution in [-0.4, -0.2) is 34.3 Å². The summed E-state index contributed by atoms with van der Waals surface area (Å²) in [6.07, 6.45) is 0. The average molecular weight is 397 g/mol. The molecule has 9 heteroatoms. The van der Waals surface area contributed by atoms with Crippen LogP contribution in [0.3, 0.4) is 0 Å². The Kier molecular flexibility index (Phi) is 4.66. The molecule has 28 heavy (non-hydrogen) atoms. The van der Waals surface area contributed by atoms with Crippen molar-refractivity contribution >= 4 is 51.3 Å². The molecule has 1 amide bonds. The molecule has 0 saturated heterocycles. The highest BCUT2D eigenvalue weighted by Crippen LogP contribution is 2.29. The van der Waals surface area contributed by atoms with Gasteiger partial charge in [-0.15, -0.1) is 0 Å². The summed E-state index contributed by atoms with van der Waals surface area (Å²) in [6, 6.07) is 10.5. The topological polar surface area (TPSA) is 104 Å². The molecule has 2 aromatic heterocycles. The first-order chi connectivity index (χ1) is 13.6. The van der Waals surface area contributed by atoms with Crippen LogP contribution in [0.25, 0.3) is 22.0 Å². The van der Waals surface area contributed by atoms with Gasteiger partial charge in [-0.3, -0.25) is 4.79 Å². The number of nitrogens with zero attached hydrogens (tertiary/aromatic N) is 2. The van der Waals surface area contributed by atoms with Gasteiger partial charge >= 0.3 is 5.97 Å². The number of ether oxygens (including phenoxy) is 2. The zero-order valence-corrected chi connectivity index (χ0v) is 15.8. The molecule has 0 fully saturated rings. The van der Waals surface area contributed by atoms with E-state index in [2.05, 4.69) is 14.1 Å². The van der Waals surface area contributed by atoms with Gasteiger partial charge in [0, 0.05) is 10.9 Å². The molecular weight excluding hydrogens is 382 g/mol. The predicted molar refractivity (Wildman–Crippen MR) is 104 cm³/mol. The second-order valence-corrected chi connectivity index (χ2v) is 6.51. The molecule has 8 nitrogen and oxygen atoms in total. The number of carbonyl (C=O) groups excluding carboxylic acids is 2. The number of furan rings is 1. The number of aryl methyl sites for hydroxylation is 1. The largest absolute Gasteiger partial charge is 0.497 e. The van der Waals surface area contributed by atoms with E-state index in [4.69, 9.17) is 13.9 Å². The molecule has 0 radical (unpaired) electrons. The third-order valence-electron chi connectivity index (χ3n) is 4.22. The number of aromatic nitrogens is 2. The Labute approximate surface area is 163 Å². The molecule has 2 aromatic carbocycles. The molecule has 0 bridgehead atoms. The van der Waals surface area contributed by atoms with Gasteiger partial charge in [0.1, 0.15) is 22.4 Å². The molecule has 4 aromatic rings. The van der Waals surface area contributed by atoms with Gasteiger partial charge < -0.3 is 19.2 Å². The first-order valence-corrected chi connectivity index (χ1v) is 9.05. The SMILES string of the molecule is COc1ccc2oc(C(=O)OCC(=O)Nc3cccc4nsnc34)c(C)c2c1. The molecule has 142 valence electrons. The highest BCUT2D eigenvalue weighted by Gasteiger charge is 2.20. The minimum atomic E-state index is -0.712. The Morgan fingerprint density at radius 1 is 1.21 bits per heavy atom. The predicted octanol–water partition coefficient (Wildman–Crippen LogP) is 3.55. The lowest BCUT2D eigenvalue weighted by Crippen LogP contribution is -2.21. The normalized spacial score (nSPS) is 10.9. The number of rotatable bonds is 5. The number of nitrogens with one attached hydrogen (secondary N) is 1. The van der Waals surface area contributed by atoms with Crippen LogP contribution in [0.1, 0.15) is 16.1 Å². The molecule has 1 N–H and O–H groups in total. The minimum Gasteiger partial charge on any atom is -0.497 e. The minimum absolute atomic E-state index is 0.0573. The number of esters is 1. The smallest absolute Gasteiger partial charge is 0.375 e. The Bertz CT molecular complexity index is 1200. The molecule has 0 aliphatic rings. The molecular formula is C19H15N3O5S. The fourth-order valence-electron chi connectivity index (χ4n) is 2.81. The van der Waals surface area contributed by atoms with Crippen molar-refractivity contribution in [3.8, 4) is 5.75 Å². The maximum Gasteiger partial charge on any atom is 0.375 e. The number of anilines is 1. The van der Waals surface area contributed by atoms with Crippen molar-refractivity contribution in [2.45, 2.75) is 6.92 Å². The van der Waals surface area contributed by atoms with E-state index < -0.39 is 18.5 Å². The van der Waals surface area contributed by atoms with Crippen LogP contribution in [-0.2, 0) is 9.53 Å². The van der Waals surface area contributed by atoms with Gasteiger partial charge in [0.25, 0.3) is 5.91 Å². The maximum atomic E-state index is 12.4. The summed E-state index contributed by atoms with van der Waals surface area (Å²) in [5, 5.41) is 3.42. The number of hydrogen-bond acceptors (Lipinski definition) is 8. The average Bonchev–Trinajstić information content (AvgIpc) is 3.31. The van der Waals surface area contributed by atoms with Crippen molar-refractivity contribution in [1.29, 1.82) is 0 Å². The second-order valence-electron chi connectivity index (χ2n) is 5.98. The molecule has 2 heterocycles. The summed E-state index contributed by atoms with van der Waals surface area (Å²) >= 11 is 1.06. The summed E-state index contributed by atoms with van der Waals surface area (Å²) in [5.41, 5.74) is 2.96. The number of fused-ring (bicyclic) bond motifs is 2. The maximum absolute atomic E-state index is 12.4.